The van der Waals surface area contributed by atoms with Gasteiger partial charge in [-0.25, -0.2) is 14.6 Å². The van der Waals surface area contributed by atoms with Crippen LogP contribution < -0.4 is 11.1 Å². The fourth-order valence-corrected chi connectivity index (χ4v) is 1.36. The van der Waals surface area contributed by atoms with Crippen LogP contribution in [0.25, 0.3) is 11.0 Å². The van der Waals surface area contributed by atoms with Crippen LogP contribution in [0.2, 0.25) is 0 Å². The van der Waals surface area contributed by atoms with Crippen LogP contribution in [0.5, 0.6) is 0 Å². The Morgan fingerprint density at radius 3 is 2.88 bits per heavy atom. The van der Waals surface area contributed by atoms with Crippen LogP contribution in [0, 0.1) is 0 Å². The Morgan fingerprint density at radius 2 is 2.25 bits per heavy atom. The molecule has 0 radical (unpaired) electrons. The standard InChI is InChI=1S/C9H8N4O3/c10-9(16)13-6-3-12-7-5(6)1-4(2-11-7)8(14)15/h1-3H,(H,11,12)(H,14,15)(H3,10,13,16). The molecule has 7 nitrogen and oxygen atoms in total. The van der Waals surface area contributed by atoms with Gasteiger partial charge in [-0.05, 0) is 6.07 Å². The number of urea groups is 1. The van der Waals surface area contributed by atoms with Crippen molar-refractivity contribution in [2.45, 2.75) is 0 Å². The summed E-state index contributed by atoms with van der Waals surface area (Å²) in [6.45, 7) is 0. The number of amides is 2. The van der Waals surface area contributed by atoms with Gasteiger partial charge >= 0.3 is 12.0 Å². The first-order chi connectivity index (χ1) is 7.58. The van der Waals surface area contributed by atoms with Crippen molar-refractivity contribution in [2.24, 2.45) is 5.73 Å². The predicted octanol–water partition coefficient (Wildman–Crippen LogP) is 0.752. The van der Waals surface area contributed by atoms with E-state index in [0.717, 1.165) is 0 Å². The second kappa shape index (κ2) is 3.54. The summed E-state index contributed by atoms with van der Waals surface area (Å²) in [4.78, 5) is 28.1. The van der Waals surface area contributed by atoms with Gasteiger partial charge < -0.3 is 21.1 Å². The minimum absolute atomic E-state index is 0.0413. The summed E-state index contributed by atoms with van der Waals surface area (Å²) in [7, 11) is 0. The van der Waals surface area contributed by atoms with Crippen molar-refractivity contribution in [1.29, 1.82) is 0 Å². The number of carboxylic acids is 1. The number of fused-ring (bicyclic) bond motifs is 1. The molecule has 0 fully saturated rings. The first-order valence-electron chi connectivity index (χ1n) is 4.35. The van der Waals surface area contributed by atoms with Crippen LogP contribution in [-0.2, 0) is 0 Å². The van der Waals surface area contributed by atoms with Crippen LogP contribution in [0.1, 0.15) is 10.4 Å². The van der Waals surface area contributed by atoms with E-state index in [1.165, 1.54) is 18.5 Å². The van der Waals surface area contributed by atoms with E-state index in [2.05, 4.69) is 15.3 Å². The van der Waals surface area contributed by atoms with Gasteiger partial charge in [-0.2, -0.15) is 0 Å². The molecule has 2 aromatic rings. The Labute approximate surface area is 89.3 Å². The molecule has 16 heavy (non-hydrogen) atoms. The molecular weight excluding hydrogens is 212 g/mol. The van der Waals surface area contributed by atoms with Gasteiger partial charge in [0.1, 0.15) is 5.65 Å². The summed E-state index contributed by atoms with van der Waals surface area (Å²) in [6.07, 6.45) is 2.73. The van der Waals surface area contributed by atoms with Crippen LogP contribution in [0.3, 0.4) is 0 Å². The number of aromatic carboxylic acids is 1. The molecule has 0 aromatic carbocycles. The molecule has 0 atom stereocenters. The monoisotopic (exact) mass is 220 g/mol. The molecule has 2 aromatic heterocycles. The Morgan fingerprint density at radius 1 is 1.50 bits per heavy atom. The highest BCUT2D eigenvalue weighted by Crippen LogP contribution is 2.22. The zero-order valence-electron chi connectivity index (χ0n) is 8.02. The van der Waals surface area contributed by atoms with E-state index in [0.29, 0.717) is 16.7 Å². The van der Waals surface area contributed by atoms with Crippen molar-refractivity contribution in [3.05, 3.63) is 24.0 Å². The molecule has 0 aliphatic heterocycles. The van der Waals surface area contributed by atoms with Gasteiger partial charge in [0.25, 0.3) is 0 Å². The molecule has 0 saturated carbocycles. The largest absolute Gasteiger partial charge is 0.478 e. The second-order valence-electron chi connectivity index (χ2n) is 3.12. The number of carbonyl (C=O) groups is 2. The van der Waals surface area contributed by atoms with Crippen molar-refractivity contribution in [1.82, 2.24) is 9.97 Å². The maximum atomic E-state index is 10.7. The molecule has 82 valence electrons. The molecule has 2 rings (SSSR count). The average Bonchev–Trinajstić information content (AvgIpc) is 2.60. The number of aromatic amines is 1. The fourth-order valence-electron chi connectivity index (χ4n) is 1.36. The highest BCUT2D eigenvalue weighted by molar-refractivity contribution is 6.01. The van der Waals surface area contributed by atoms with Gasteiger partial charge in [0.15, 0.2) is 0 Å². The SMILES string of the molecule is NC(=O)Nc1c[nH]c2ncc(C(=O)O)cc12. The lowest BCUT2D eigenvalue weighted by atomic mass is 10.2. The van der Waals surface area contributed by atoms with E-state index in [1.807, 2.05) is 0 Å². The lowest BCUT2D eigenvalue weighted by Crippen LogP contribution is -2.18. The van der Waals surface area contributed by atoms with Crippen molar-refractivity contribution in [3.8, 4) is 0 Å². The van der Waals surface area contributed by atoms with Crippen LogP contribution in [-0.4, -0.2) is 27.1 Å². The number of nitrogens with zero attached hydrogens (tertiary/aromatic N) is 1. The third-order valence-electron chi connectivity index (χ3n) is 2.04. The minimum Gasteiger partial charge on any atom is -0.478 e. The molecule has 0 saturated heterocycles. The Kier molecular flexibility index (Phi) is 2.20. The Bertz CT molecular complexity index is 575. The Hall–Kier alpha value is -2.57. The maximum absolute atomic E-state index is 10.7. The number of aromatic nitrogens is 2. The third kappa shape index (κ3) is 1.65. The number of nitrogens with one attached hydrogen (secondary N) is 2. The zero-order chi connectivity index (χ0) is 11.7. The molecule has 2 heterocycles. The highest BCUT2D eigenvalue weighted by Gasteiger charge is 2.10. The molecule has 5 N–H and O–H groups in total. The molecule has 0 spiro atoms. The number of carboxylic acid groups (broad SMARTS) is 1. The van der Waals surface area contributed by atoms with Gasteiger partial charge in [0.05, 0.1) is 11.3 Å². The van der Waals surface area contributed by atoms with Gasteiger partial charge in [-0.1, -0.05) is 0 Å². The summed E-state index contributed by atoms with van der Waals surface area (Å²) >= 11 is 0. The lowest BCUT2D eigenvalue weighted by Gasteiger charge is -1.99. The number of hydrogen-bond acceptors (Lipinski definition) is 3. The number of primary amides is 1. The van der Waals surface area contributed by atoms with Crippen molar-refractivity contribution in [2.75, 3.05) is 5.32 Å². The third-order valence-corrected chi connectivity index (χ3v) is 2.04. The van der Waals surface area contributed by atoms with Gasteiger partial charge in [-0.3, -0.25) is 0 Å². The minimum atomic E-state index is -1.08. The summed E-state index contributed by atoms with van der Waals surface area (Å²) in [6, 6.07) is 0.688. The normalized spacial score (nSPS) is 10.2. The number of carbonyl (C=O) groups excluding carboxylic acids is 1. The van der Waals surface area contributed by atoms with Crippen molar-refractivity contribution >= 4 is 28.7 Å². The summed E-state index contributed by atoms with van der Waals surface area (Å²) < 4.78 is 0. The quantitative estimate of drug-likeness (QED) is 0.596. The van der Waals surface area contributed by atoms with E-state index < -0.39 is 12.0 Å². The van der Waals surface area contributed by atoms with Gasteiger partial charge in [-0.15, -0.1) is 0 Å². The first kappa shape index (κ1) is 9.97. The number of pyridine rings is 1. The summed E-state index contributed by atoms with van der Waals surface area (Å²) in [5.41, 5.74) is 5.89. The summed E-state index contributed by atoms with van der Waals surface area (Å²) in [5.74, 6) is -1.08. The highest BCUT2D eigenvalue weighted by atomic mass is 16.4. The maximum Gasteiger partial charge on any atom is 0.337 e. The van der Waals surface area contributed by atoms with Crippen LogP contribution in [0.15, 0.2) is 18.5 Å². The van der Waals surface area contributed by atoms with Crippen LogP contribution >= 0.6 is 0 Å². The number of rotatable bonds is 2. The molecule has 7 heteroatoms. The van der Waals surface area contributed by atoms with E-state index in [4.69, 9.17) is 10.8 Å². The fraction of sp³-hybridized carbons (Fsp3) is 0. The number of nitrogens with two attached hydrogens (primary N) is 1. The molecule has 0 bridgehead atoms. The van der Waals surface area contributed by atoms with Crippen molar-refractivity contribution in [3.63, 3.8) is 0 Å². The topological polar surface area (TPSA) is 121 Å². The van der Waals surface area contributed by atoms with Crippen LogP contribution in [0.4, 0.5) is 10.5 Å². The van der Waals surface area contributed by atoms with E-state index in [1.54, 1.807) is 0 Å². The van der Waals surface area contributed by atoms with Crippen molar-refractivity contribution < 1.29 is 14.7 Å². The van der Waals surface area contributed by atoms with Gasteiger partial charge in [0.2, 0.25) is 0 Å². The lowest BCUT2D eigenvalue weighted by molar-refractivity contribution is 0.0696. The number of hydrogen-bond donors (Lipinski definition) is 4. The second-order valence-corrected chi connectivity index (χ2v) is 3.12. The molecule has 0 aliphatic carbocycles. The average molecular weight is 220 g/mol. The number of anilines is 1. The molecular formula is C9H8N4O3. The zero-order valence-corrected chi connectivity index (χ0v) is 8.02. The first-order valence-corrected chi connectivity index (χ1v) is 4.35. The van der Waals surface area contributed by atoms with E-state index in [9.17, 15) is 9.59 Å². The smallest absolute Gasteiger partial charge is 0.337 e. The number of H-pyrrole nitrogens is 1. The van der Waals surface area contributed by atoms with E-state index in [-0.39, 0.29) is 5.56 Å². The van der Waals surface area contributed by atoms with E-state index >= 15 is 0 Å². The van der Waals surface area contributed by atoms with Gasteiger partial charge in [0, 0.05) is 17.8 Å². The molecule has 2 amide bonds. The molecule has 0 aliphatic rings. The molecule has 0 unspecified atom stereocenters. The predicted molar refractivity (Wildman–Crippen MR) is 56.3 cm³/mol. The summed E-state index contributed by atoms with van der Waals surface area (Å²) in [5, 5.41) is 11.7. The Balaban J connectivity index is 2.55.